The van der Waals surface area contributed by atoms with E-state index in [0.717, 1.165) is 38.5 Å². The minimum atomic E-state index is -3.83. The van der Waals surface area contributed by atoms with E-state index in [-0.39, 0.29) is 22.5 Å². The fourth-order valence-electron chi connectivity index (χ4n) is 3.53. The first-order valence-corrected chi connectivity index (χ1v) is 12.1. The van der Waals surface area contributed by atoms with Gasteiger partial charge < -0.3 is 10.1 Å². The zero-order chi connectivity index (χ0) is 21.4. The standard InChI is InChI=1S/C23H30N2O4S/c1-2-3-17-29-19-13-15-20(16-14-19)30(27,28)25-22-12-8-7-11-21(22)23(26)24-18-9-5-4-6-10-18/h7-8,11-16,18,25H,2-6,9-10,17H2,1H3,(H,24,26). The smallest absolute Gasteiger partial charge is 0.261 e. The second kappa shape index (κ2) is 10.5. The van der Waals surface area contributed by atoms with Crippen LogP contribution in [0.2, 0.25) is 0 Å². The van der Waals surface area contributed by atoms with Gasteiger partial charge in [0.15, 0.2) is 0 Å². The van der Waals surface area contributed by atoms with Crippen molar-refractivity contribution in [1.29, 1.82) is 0 Å². The highest BCUT2D eigenvalue weighted by Gasteiger charge is 2.21. The van der Waals surface area contributed by atoms with E-state index >= 15 is 0 Å². The maximum atomic E-state index is 12.9. The van der Waals surface area contributed by atoms with Gasteiger partial charge in [0.2, 0.25) is 0 Å². The summed E-state index contributed by atoms with van der Waals surface area (Å²) in [6.07, 6.45) is 7.32. The quantitative estimate of drug-likeness (QED) is 0.563. The van der Waals surface area contributed by atoms with Crippen LogP contribution in [0.15, 0.2) is 53.4 Å². The number of rotatable bonds is 9. The van der Waals surface area contributed by atoms with E-state index in [4.69, 9.17) is 4.74 Å². The molecule has 162 valence electrons. The third-order valence-corrected chi connectivity index (χ3v) is 6.64. The normalized spacial score (nSPS) is 14.8. The van der Waals surface area contributed by atoms with Crippen molar-refractivity contribution < 1.29 is 17.9 Å². The Labute approximate surface area is 179 Å². The molecule has 1 aliphatic carbocycles. The molecule has 2 aromatic carbocycles. The number of para-hydroxylation sites is 1. The zero-order valence-corrected chi connectivity index (χ0v) is 18.2. The van der Waals surface area contributed by atoms with Crippen molar-refractivity contribution in [2.75, 3.05) is 11.3 Å². The van der Waals surface area contributed by atoms with Crippen molar-refractivity contribution in [2.45, 2.75) is 62.8 Å². The van der Waals surface area contributed by atoms with E-state index < -0.39 is 10.0 Å². The Hall–Kier alpha value is -2.54. The van der Waals surface area contributed by atoms with Crippen LogP contribution in [0.25, 0.3) is 0 Å². The summed E-state index contributed by atoms with van der Waals surface area (Å²) in [5.74, 6) is 0.384. The summed E-state index contributed by atoms with van der Waals surface area (Å²) in [6.45, 7) is 2.68. The summed E-state index contributed by atoms with van der Waals surface area (Å²) in [4.78, 5) is 12.9. The van der Waals surface area contributed by atoms with Gasteiger partial charge in [-0.05, 0) is 55.7 Å². The topological polar surface area (TPSA) is 84.5 Å². The molecule has 2 N–H and O–H groups in total. The molecule has 3 rings (SSSR count). The SMILES string of the molecule is CCCCOc1ccc(S(=O)(=O)Nc2ccccc2C(=O)NC2CCCCC2)cc1. The van der Waals surface area contributed by atoms with Crippen LogP contribution in [0, 0.1) is 0 Å². The summed E-state index contributed by atoms with van der Waals surface area (Å²) >= 11 is 0. The minimum Gasteiger partial charge on any atom is -0.494 e. The first-order valence-electron chi connectivity index (χ1n) is 10.6. The molecule has 0 radical (unpaired) electrons. The Kier molecular flexibility index (Phi) is 7.74. The maximum absolute atomic E-state index is 12.9. The lowest BCUT2D eigenvalue weighted by Crippen LogP contribution is -2.36. The van der Waals surface area contributed by atoms with Gasteiger partial charge in [-0.3, -0.25) is 9.52 Å². The second-order valence-electron chi connectivity index (χ2n) is 7.63. The number of unbranched alkanes of at least 4 members (excludes halogenated alkanes) is 1. The van der Waals surface area contributed by atoms with Crippen LogP contribution in [0.4, 0.5) is 5.69 Å². The van der Waals surface area contributed by atoms with Crippen molar-refractivity contribution in [3.8, 4) is 5.75 Å². The molecule has 2 aromatic rings. The number of sulfonamides is 1. The summed E-state index contributed by atoms with van der Waals surface area (Å²) in [6, 6.07) is 13.1. The van der Waals surface area contributed by atoms with E-state index in [0.29, 0.717) is 17.9 Å². The van der Waals surface area contributed by atoms with Gasteiger partial charge in [-0.15, -0.1) is 0 Å². The van der Waals surface area contributed by atoms with Crippen LogP contribution in [-0.2, 0) is 10.0 Å². The van der Waals surface area contributed by atoms with E-state index in [1.165, 1.54) is 18.6 Å². The summed E-state index contributed by atoms with van der Waals surface area (Å²) in [5, 5.41) is 3.04. The van der Waals surface area contributed by atoms with Crippen LogP contribution in [0.3, 0.4) is 0 Å². The molecule has 0 aliphatic heterocycles. The number of anilines is 1. The summed E-state index contributed by atoms with van der Waals surface area (Å²) < 4.78 is 33.9. The van der Waals surface area contributed by atoms with E-state index in [1.807, 2.05) is 0 Å². The van der Waals surface area contributed by atoms with Crippen molar-refractivity contribution in [3.63, 3.8) is 0 Å². The van der Waals surface area contributed by atoms with Gasteiger partial charge in [-0.1, -0.05) is 44.7 Å². The fourth-order valence-corrected chi connectivity index (χ4v) is 4.61. The third kappa shape index (κ3) is 5.98. The molecular weight excluding hydrogens is 400 g/mol. The molecule has 0 atom stereocenters. The highest BCUT2D eigenvalue weighted by atomic mass is 32.2. The van der Waals surface area contributed by atoms with Crippen molar-refractivity contribution in [3.05, 3.63) is 54.1 Å². The molecule has 0 spiro atoms. The number of carbonyl (C=O) groups is 1. The van der Waals surface area contributed by atoms with Crippen LogP contribution >= 0.6 is 0 Å². The molecule has 0 unspecified atom stereocenters. The average molecular weight is 431 g/mol. The van der Waals surface area contributed by atoms with Crippen molar-refractivity contribution >= 4 is 21.6 Å². The molecule has 6 nitrogen and oxygen atoms in total. The van der Waals surface area contributed by atoms with Crippen molar-refractivity contribution in [2.24, 2.45) is 0 Å². The Balaban J connectivity index is 1.71. The number of amides is 1. The highest BCUT2D eigenvalue weighted by Crippen LogP contribution is 2.23. The Bertz CT molecular complexity index is 936. The predicted molar refractivity (Wildman–Crippen MR) is 118 cm³/mol. The molecule has 7 heteroatoms. The number of nitrogens with one attached hydrogen (secondary N) is 2. The van der Waals surface area contributed by atoms with E-state index in [2.05, 4.69) is 17.0 Å². The first-order chi connectivity index (χ1) is 14.5. The van der Waals surface area contributed by atoms with Gasteiger partial charge in [-0.2, -0.15) is 0 Å². The number of hydrogen-bond acceptors (Lipinski definition) is 4. The Morgan fingerprint density at radius 3 is 2.43 bits per heavy atom. The van der Waals surface area contributed by atoms with Gasteiger partial charge >= 0.3 is 0 Å². The van der Waals surface area contributed by atoms with Crippen LogP contribution in [-0.4, -0.2) is 27.0 Å². The summed E-state index contributed by atoms with van der Waals surface area (Å²) in [7, 11) is -3.83. The van der Waals surface area contributed by atoms with Crippen LogP contribution in [0.5, 0.6) is 5.75 Å². The molecule has 0 aromatic heterocycles. The summed E-state index contributed by atoms with van der Waals surface area (Å²) in [5.41, 5.74) is 0.597. The Morgan fingerprint density at radius 1 is 1.03 bits per heavy atom. The molecule has 1 saturated carbocycles. The van der Waals surface area contributed by atoms with Crippen molar-refractivity contribution in [1.82, 2.24) is 5.32 Å². The number of benzene rings is 2. The molecule has 30 heavy (non-hydrogen) atoms. The van der Waals surface area contributed by atoms with E-state index in [9.17, 15) is 13.2 Å². The van der Waals surface area contributed by atoms with Crippen LogP contribution in [0.1, 0.15) is 62.2 Å². The van der Waals surface area contributed by atoms with Crippen LogP contribution < -0.4 is 14.8 Å². The third-order valence-electron chi connectivity index (χ3n) is 5.26. The molecule has 1 fully saturated rings. The number of carbonyl (C=O) groups excluding carboxylic acids is 1. The molecule has 0 bridgehead atoms. The molecular formula is C23H30N2O4S. The monoisotopic (exact) mass is 430 g/mol. The second-order valence-corrected chi connectivity index (χ2v) is 9.32. The van der Waals surface area contributed by atoms with E-state index in [1.54, 1.807) is 36.4 Å². The average Bonchev–Trinajstić information content (AvgIpc) is 2.75. The van der Waals surface area contributed by atoms with Gasteiger partial charge in [-0.25, -0.2) is 8.42 Å². The Morgan fingerprint density at radius 2 is 1.73 bits per heavy atom. The number of hydrogen-bond donors (Lipinski definition) is 2. The largest absolute Gasteiger partial charge is 0.494 e. The lowest BCUT2D eigenvalue weighted by atomic mass is 9.95. The first kappa shape index (κ1) is 22.2. The predicted octanol–water partition coefficient (Wildman–Crippen LogP) is 4.73. The lowest BCUT2D eigenvalue weighted by Gasteiger charge is -2.23. The lowest BCUT2D eigenvalue weighted by molar-refractivity contribution is 0.0928. The maximum Gasteiger partial charge on any atom is 0.261 e. The molecule has 0 saturated heterocycles. The van der Waals surface area contributed by atoms with Gasteiger partial charge in [0.25, 0.3) is 15.9 Å². The molecule has 1 aliphatic rings. The fraction of sp³-hybridized carbons (Fsp3) is 0.435. The number of ether oxygens (including phenoxy) is 1. The van der Waals surface area contributed by atoms with Gasteiger partial charge in [0.1, 0.15) is 5.75 Å². The highest BCUT2D eigenvalue weighted by molar-refractivity contribution is 7.92. The van der Waals surface area contributed by atoms with Gasteiger partial charge in [0.05, 0.1) is 22.8 Å². The zero-order valence-electron chi connectivity index (χ0n) is 17.4. The van der Waals surface area contributed by atoms with Gasteiger partial charge in [0, 0.05) is 6.04 Å². The molecule has 0 heterocycles. The molecule has 1 amide bonds. The minimum absolute atomic E-state index is 0.118.